The number of fused-ring (bicyclic) bond motifs is 1. The molecule has 1 atom stereocenters. The predicted octanol–water partition coefficient (Wildman–Crippen LogP) is 0.751. The molecule has 0 spiro atoms. The first-order valence-corrected chi connectivity index (χ1v) is 5.01. The smallest absolute Gasteiger partial charge is 0.357 e. The summed E-state index contributed by atoms with van der Waals surface area (Å²) in [6.45, 7) is 1.07. The van der Waals surface area contributed by atoms with Crippen molar-refractivity contribution in [2.24, 2.45) is 0 Å². The number of aliphatic hydroxyl groups is 1. The molecule has 0 aliphatic heterocycles. The lowest BCUT2D eigenvalue weighted by molar-refractivity contribution is -0.167. The van der Waals surface area contributed by atoms with Crippen molar-refractivity contribution >= 4 is 16.9 Å². The van der Waals surface area contributed by atoms with Crippen LogP contribution in [0.15, 0.2) is 41.2 Å². The highest BCUT2D eigenvalue weighted by Gasteiger charge is 2.34. The fraction of sp³-hybridized carbons (Fsp3) is 0.167. The van der Waals surface area contributed by atoms with Crippen LogP contribution < -0.4 is 5.56 Å². The second-order valence-electron chi connectivity index (χ2n) is 3.89. The van der Waals surface area contributed by atoms with Crippen LogP contribution in [0.4, 0.5) is 0 Å². The summed E-state index contributed by atoms with van der Waals surface area (Å²) in [5.41, 5.74) is -2.44. The zero-order chi connectivity index (χ0) is 12.6. The fourth-order valence-corrected chi connectivity index (χ4v) is 1.73. The van der Waals surface area contributed by atoms with Gasteiger partial charge in [0.25, 0.3) is 5.56 Å². The van der Waals surface area contributed by atoms with Gasteiger partial charge in [0, 0.05) is 6.07 Å². The third kappa shape index (κ3) is 1.70. The first-order chi connectivity index (χ1) is 7.94. The van der Waals surface area contributed by atoms with E-state index in [1.165, 1.54) is 6.07 Å². The van der Waals surface area contributed by atoms with E-state index in [0.29, 0.717) is 10.9 Å². The molecule has 0 radical (unpaired) electrons. The van der Waals surface area contributed by atoms with Gasteiger partial charge in [-0.2, -0.15) is 0 Å². The molecule has 5 nitrogen and oxygen atoms in total. The quantitative estimate of drug-likeness (QED) is 0.802. The lowest BCUT2D eigenvalue weighted by atomic mass is 10.1. The topological polar surface area (TPSA) is 79.5 Å². The maximum absolute atomic E-state index is 11.7. The molecule has 2 rings (SSSR count). The minimum absolute atomic E-state index is 0.382. The summed E-state index contributed by atoms with van der Waals surface area (Å²) in [6, 6.07) is 9.60. The van der Waals surface area contributed by atoms with Crippen molar-refractivity contribution in [1.29, 1.82) is 0 Å². The number of hydrogen-bond donors (Lipinski definition) is 2. The van der Waals surface area contributed by atoms with E-state index in [9.17, 15) is 14.7 Å². The summed E-state index contributed by atoms with van der Waals surface area (Å²) >= 11 is 0. The normalized spacial score (nSPS) is 14.5. The predicted molar refractivity (Wildman–Crippen MR) is 61.7 cm³/mol. The van der Waals surface area contributed by atoms with E-state index in [1.54, 1.807) is 30.3 Å². The van der Waals surface area contributed by atoms with Gasteiger partial charge in [0.15, 0.2) is 0 Å². The number of rotatable bonds is 2. The number of carbonyl (C=O) groups is 1. The highest BCUT2D eigenvalue weighted by atomic mass is 16.4. The van der Waals surface area contributed by atoms with E-state index in [1.807, 2.05) is 0 Å². The van der Waals surface area contributed by atoms with Gasteiger partial charge in [-0.3, -0.25) is 9.36 Å². The van der Waals surface area contributed by atoms with Crippen LogP contribution in [0, 0.1) is 0 Å². The average molecular weight is 233 g/mol. The second-order valence-corrected chi connectivity index (χ2v) is 3.89. The van der Waals surface area contributed by atoms with E-state index < -0.39 is 17.3 Å². The molecule has 0 aliphatic carbocycles. The molecule has 0 aliphatic rings. The fourth-order valence-electron chi connectivity index (χ4n) is 1.73. The number of para-hydroxylation sites is 1. The van der Waals surface area contributed by atoms with Gasteiger partial charge < -0.3 is 10.2 Å². The molecule has 1 aromatic heterocycles. The summed E-state index contributed by atoms with van der Waals surface area (Å²) in [5.74, 6) is -1.48. The van der Waals surface area contributed by atoms with Gasteiger partial charge in [-0.25, -0.2) is 4.79 Å². The standard InChI is InChI=1S/C12H11NO4/c1-12(17,11(15)16)13-9-5-3-2-4-8(9)6-7-10(13)14/h2-7,17H,1H3,(H,15,16). The Morgan fingerprint density at radius 2 is 1.88 bits per heavy atom. The summed E-state index contributed by atoms with van der Waals surface area (Å²) in [4.78, 5) is 22.7. The zero-order valence-electron chi connectivity index (χ0n) is 9.12. The molecule has 0 fully saturated rings. The van der Waals surface area contributed by atoms with Gasteiger partial charge in [-0.05, 0) is 24.4 Å². The van der Waals surface area contributed by atoms with Gasteiger partial charge in [0.05, 0.1) is 5.52 Å². The number of aliphatic carboxylic acids is 1. The molecule has 1 aromatic carbocycles. The molecular formula is C12H11NO4. The van der Waals surface area contributed by atoms with Crippen LogP contribution in [0.1, 0.15) is 6.92 Å². The molecule has 2 aromatic rings. The van der Waals surface area contributed by atoms with Crippen LogP contribution in [-0.4, -0.2) is 20.7 Å². The lowest BCUT2D eigenvalue weighted by Gasteiger charge is -2.22. The van der Waals surface area contributed by atoms with Gasteiger partial charge in [-0.1, -0.05) is 18.2 Å². The molecule has 1 heterocycles. The van der Waals surface area contributed by atoms with Gasteiger partial charge >= 0.3 is 5.97 Å². The zero-order valence-corrected chi connectivity index (χ0v) is 9.12. The molecule has 0 bridgehead atoms. The Labute approximate surface area is 96.5 Å². The Kier molecular flexibility index (Phi) is 2.48. The monoisotopic (exact) mass is 233 g/mol. The number of pyridine rings is 1. The number of carboxylic acids is 1. The van der Waals surface area contributed by atoms with Crippen molar-refractivity contribution in [3.63, 3.8) is 0 Å². The Bertz CT molecular complexity index is 642. The highest BCUT2D eigenvalue weighted by molar-refractivity contribution is 5.82. The lowest BCUT2D eigenvalue weighted by Crippen LogP contribution is -2.44. The van der Waals surface area contributed by atoms with Crippen molar-refractivity contribution in [3.8, 4) is 0 Å². The molecule has 17 heavy (non-hydrogen) atoms. The molecule has 0 saturated heterocycles. The molecule has 1 unspecified atom stereocenters. The van der Waals surface area contributed by atoms with Crippen molar-refractivity contribution in [3.05, 3.63) is 46.8 Å². The summed E-state index contributed by atoms with van der Waals surface area (Å²) in [7, 11) is 0. The molecule has 2 N–H and O–H groups in total. The van der Waals surface area contributed by atoms with Crippen molar-refractivity contribution in [2.45, 2.75) is 12.6 Å². The average Bonchev–Trinajstić information content (AvgIpc) is 2.28. The Hall–Kier alpha value is -2.14. The Balaban J connectivity index is 2.89. The minimum Gasteiger partial charge on any atom is -0.478 e. The molecule has 88 valence electrons. The van der Waals surface area contributed by atoms with Crippen LogP contribution in [0.3, 0.4) is 0 Å². The molecule has 0 amide bonds. The van der Waals surface area contributed by atoms with Crippen LogP contribution in [0.25, 0.3) is 10.9 Å². The van der Waals surface area contributed by atoms with Crippen LogP contribution >= 0.6 is 0 Å². The van der Waals surface area contributed by atoms with Gasteiger partial charge in [0.2, 0.25) is 5.72 Å². The van der Waals surface area contributed by atoms with Gasteiger partial charge in [0.1, 0.15) is 0 Å². The third-order valence-electron chi connectivity index (χ3n) is 2.64. The summed E-state index contributed by atoms with van der Waals surface area (Å²) in [6.07, 6.45) is 0. The number of benzene rings is 1. The summed E-state index contributed by atoms with van der Waals surface area (Å²) < 4.78 is 0.866. The van der Waals surface area contributed by atoms with E-state index >= 15 is 0 Å². The maximum Gasteiger partial charge on any atom is 0.357 e. The van der Waals surface area contributed by atoms with E-state index in [2.05, 4.69) is 0 Å². The highest BCUT2D eigenvalue weighted by Crippen LogP contribution is 2.18. The Morgan fingerprint density at radius 3 is 2.53 bits per heavy atom. The molecule has 5 heteroatoms. The van der Waals surface area contributed by atoms with E-state index in [4.69, 9.17) is 5.11 Å². The maximum atomic E-state index is 11.7. The number of nitrogens with zero attached hydrogens (tertiary/aromatic N) is 1. The van der Waals surface area contributed by atoms with Crippen LogP contribution in [-0.2, 0) is 10.5 Å². The second kappa shape index (κ2) is 3.71. The largest absolute Gasteiger partial charge is 0.478 e. The van der Waals surface area contributed by atoms with Crippen LogP contribution in [0.5, 0.6) is 0 Å². The first kappa shape index (κ1) is 11.3. The van der Waals surface area contributed by atoms with Crippen molar-refractivity contribution in [1.82, 2.24) is 4.57 Å². The van der Waals surface area contributed by atoms with Gasteiger partial charge in [-0.15, -0.1) is 0 Å². The third-order valence-corrected chi connectivity index (χ3v) is 2.64. The van der Waals surface area contributed by atoms with Crippen molar-refractivity contribution < 1.29 is 15.0 Å². The SMILES string of the molecule is CC(O)(C(=O)O)n1c(=O)ccc2ccccc21. The number of carboxylic acid groups (broad SMARTS) is 1. The van der Waals surface area contributed by atoms with E-state index in [0.717, 1.165) is 11.5 Å². The Morgan fingerprint density at radius 1 is 1.24 bits per heavy atom. The van der Waals surface area contributed by atoms with Crippen molar-refractivity contribution in [2.75, 3.05) is 0 Å². The number of hydrogen-bond acceptors (Lipinski definition) is 3. The number of aromatic nitrogens is 1. The minimum atomic E-state index is -2.27. The first-order valence-electron chi connectivity index (χ1n) is 5.01. The summed E-state index contributed by atoms with van der Waals surface area (Å²) in [5, 5.41) is 19.6. The van der Waals surface area contributed by atoms with Crippen LogP contribution in [0.2, 0.25) is 0 Å². The molecule has 0 saturated carbocycles. The molecular weight excluding hydrogens is 222 g/mol. The van der Waals surface area contributed by atoms with E-state index in [-0.39, 0.29) is 0 Å².